The highest BCUT2D eigenvalue weighted by Gasteiger charge is 2.06. The van der Waals surface area contributed by atoms with Gasteiger partial charge in [-0.05, 0) is 30.7 Å². The van der Waals surface area contributed by atoms with Gasteiger partial charge in [0.2, 0.25) is 0 Å². The van der Waals surface area contributed by atoms with Crippen molar-refractivity contribution >= 4 is 0 Å². The van der Waals surface area contributed by atoms with E-state index in [4.69, 9.17) is 10.00 Å². The third-order valence-electron chi connectivity index (χ3n) is 3.06. The van der Waals surface area contributed by atoms with Crippen molar-refractivity contribution in [3.05, 3.63) is 47.8 Å². The van der Waals surface area contributed by atoms with E-state index in [2.05, 4.69) is 23.4 Å². The molecule has 0 aliphatic heterocycles. The van der Waals surface area contributed by atoms with E-state index in [1.54, 1.807) is 19.4 Å². The highest BCUT2D eigenvalue weighted by molar-refractivity contribution is 5.45. The van der Waals surface area contributed by atoms with Gasteiger partial charge in [0, 0.05) is 25.0 Å². The minimum absolute atomic E-state index is 0.302. The zero-order valence-corrected chi connectivity index (χ0v) is 11.7. The SMILES string of the molecule is COc1cc(CNC(C)Cn2cccn2)ccc1C#N. The van der Waals surface area contributed by atoms with E-state index in [-0.39, 0.29) is 0 Å². The lowest BCUT2D eigenvalue weighted by Gasteiger charge is -2.14. The second-order valence-corrected chi connectivity index (χ2v) is 4.66. The van der Waals surface area contributed by atoms with Crippen LogP contribution in [0.15, 0.2) is 36.7 Å². The van der Waals surface area contributed by atoms with E-state index < -0.39 is 0 Å². The third-order valence-corrected chi connectivity index (χ3v) is 3.06. The van der Waals surface area contributed by atoms with Crippen molar-refractivity contribution in [2.24, 2.45) is 0 Å². The van der Waals surface area contributed by atoms with Crippen LogP contribution in [0, 0.1) is 11.3 Å². The number of nitrogens with zero attached hydrogens (tertiary/aromatic N) is 3. The number of methoxy groups -OCH3 is 1. The molecule has 0 spiro atoms. The van der Waals surface area contributed by atoms with Gasteiger partial charge >= 0.3 is 0 Å². The average Bonchev–Trinajstić information content (AvgIpc) is 2.97. The van der Waals surface area contributed by atoms with Crippen molar-refractivity contribution in [1.82, 2.24) is 15.1 Å². The number of nitrogens with one attached hydrogen (secondary N) is 1. The maximum atomic E-state index is 8.95. The van der Waals surface area contributed by atoms with Crippen LogP contribution < -0.4 is 10.1 Å². The molecule has 0 fully saturated rings. The molecule has 0 aliphatic rings. The normalized spacial score (nSPS) is 11.8. The van der Waals surface area contributed by atoms with Crippen molar-refractivity contribution in [1.29, 1.82) is 5.26 Å². The molecule has 2 aromatic rings. The minimum atomic E-state index is 0.302. The van der Waals surface area contributed by atoms with Gasteiger partial charge in [0.1, 0.15) is 11.8 Å². The zero-order valence-electron chi connectivity index (χ0n) is 11.7. The Kier molecular flexibility index (Phi) is 4.75. The predicted octanol–water partition coefficient (Wildman–Crippen LogP) is 1.94. The van der Waals surface area contributed by atoms with Gasteiger partial charge in [-0.3, -0.25) is 4.68 Å². The highest BCUT2D eigenvalue weighted by atomic mass is 16.5. The summed E-state index contributed by atoms with van der Waals surface area (Å²) in [4.78, 5) is 0. The van der Waals surface area contributed by atoms with Crippen molar-refractivity contribution < 1.29 is 4.74 Å². The van der Waals surface area contributed by atoms with Crippen molar-refractivity contribution in [2.45, 2.75) is 26.1 Å². The van der Waals surface area contributed by atoms with E-state index in [9.17, 15) is 0 Å². The molecular weight excluding hydrogens is 252 g/mol. The van der Waals surface area contributed by atoms with Crippen LogP contribution in [0.3, 0.4) is 0 Å². The molecule has 5 heteroatoms. The largest absolute Gasteiger partial charge is 0.495 e. The van der Waals surface area contributed by atoms with Gasteiger partial charge < -0.3 is 10.1 Å². The first-order valence-electron chi connectivity index (χ1n) is 6.50. The van der Waals surface area contributed by atoms with Crippen LogP contribution in [-0.2, 0) is 13.1 Å². The molecule has 0 amide bonds. The van der Waals surface area contributed by atoms with Gasteiger partial charge in [-0.15, -0.1) is 0 Å². The molecule has 0 saturated heterocycles. The van der Waals surface area contributed by atoms with Gasteiger partial charge in [-0.2, -0.15) is 10.4 Å². The Bertz CT molecular complexity index is 586. The van der Waals surface area contributed by atoms with E-state index in [1.807, 2.05) is 29.1 Å². The Morgan fingerprint density at radius 3 is 3.00 bits per heavy atom. The molecular formula is C15H18N4O. The number of hydrogen-bond donors (Lipinski definition) is 1. The molecule has 0 radical (unpaired) electrons. The number of benzene rings is 1. The summed E-state index contributed by atoms with van der Waals surface area (Å²) in [6.45, 7) is 3.66. The van der Waals surface area contributed by atoms with Crippen molar-refractivity contribution in [3.8, 4) is 11.8 Å². The average molecular weight is 270 g/mol. The Morgan fingerprint density at radius 1 is 1.50 bits per heavy atom. The molecule has 0 bridgehead atoms. The van der Waals surface area contributed by atoms with Gasteiger partial charge in [-0.1, -0.05) is 6.07 Å². The fourth-order valence-corrected chi connectivity index (χ4v) is 1.98. The summed E-state index contributed by atoms with van der Waals surface area (Å²) >= 11 is 0. The van der Waals surface area contributed by atoms with Crippen LogP contribution in [0.1, 0.15) is 18.1 Å². The summed E-state index contributed by atoms with van der Waals surface area (Å²) in [6.07, 6.45) is 3.72. The van der Waals surface area contributed by atoms with Gasteiger partial charge in [-0.25, -0.2) is 0 Å². The molecule has 0 saturated carbocycles. The maximum absolute atomic E-state index is 8.95. The Hall–Kier alpha value is -2.32. The third kappa shape index (κ3) is 3.59. The van der Waals surface area contributed by atoms with Gasteiger partial charge in [0.25, 0.3) is 0 Å². The second kappa shape index (κ2) is 6.73. The molecule has 20 heavy (non-hydrogen) atoms. The molecule has 2 rings (SSSR count). The first kappa shape index (κ1) is 14.1. The molecule has 1 aromatic carbocycles. The second-order valence-electron chi connectivity index (χ2n) is 4.66. The van der Waals surface area contributed by atoms with Crippen LogP contribution in [0.5, 0.6) is 5.75 Å². The van der Waals surface area contributed by atoms with Crippen molar-refractivity contribution in [3.63, 3.8) is 0 Å². The van der Waals surface area contributed by atoms with Crippen LogP contribution in [0.25, 0.3) is 0 Å². The Balaban J connectivity index is 1.92. The van der Waals surface area contributed by atoms with Gasteiger partial charge in [0.05, 0.1) is 19.2 Å². The summed E-state index contributed by atoms with van der Waals surface area (Å²) in [5.74, 6) is 0.617. The summed E-state index contributed by atoms with van der Waals surface area (Å²) in [5, 5.41) is 16.6. The van der Waals surface area contributed by atoms with Crippen molar-refractivity contribution in [2.75, 3.05) is 7.11 Å². The minimum Gasteiger partial charge on any atom is -0.495 e. The smallest absolute Gasteiger partial charge is 0.136 e. The first-order chi connectivity index (χ1) is 9.72. The quantitative estimate of drug-likeness (QED) is 0.871. The van der Waals surface area contributed by atoms with Crippen LogP contribution in [0.4, 0.5) is 0 Å². The molecule has 1 aromatic heterocycles. The molecule has 104 valence electrons. The standard InChI is InChI=1S/C15H18N4O/c1-12(11-19-7-3-6-18-19)17-10-13-4-5-14(9-16)15(8-13)20-2/h3-8,12,17H,10-11H2,1-2H3. The maximum Gasteiger partial charge on any atom is 0.136 e. The number of hydrogen-bond acceptors (Lipinski definition) is 4. The molecule has 1 N–H and O–H groups in total. The topological polar surface area (TPSA) is 62.9 Å². The number of aromatic nitrogens is 2. The Labute approximate surface area is 118 Å². The monoisotopic (exact) mass is 270 g/mol. The van der Waals surface area contributed by atoms with E-state index in [0.29, 0.717) is 17.4 Å². The molecule has 1 atom stereocenters. The Morgan fingerprint density at radius 2 is 2.35 bits per heavy atom. The molecule has 1 heterocycles. The fraction of sp³-hybridized carbons (Fsp3) is 0.333. The van der Waals surface area contributed by atoms with E-state index >= 15 is 0 Å². The molecule has 5 nitrogen and oxygen atoms in total. The summed E-state index contributed by atoms with van der Waals surface area (Å²) < 4.78 is 7.10. The van der Waals surface area contributed by atoms with Crippen LogP contribution >= 0.6 is 0 Å². The number of ether oxygens (including phenoxy) is 1. The fourth-order valence-electron chi connectivity index (χ4n) is 1.98. The van der Waals surface area contributed by atoms with E-state index in [1.165, 1.54) is 0 Å². The lowest BCUT2D eigenvalue weighted by molar-refractivity contribution is 0.411. The van der Waals surface area contributed by atoms with Crippen LogP contribution in [-0.4, -0.2) is 22.9 Å². The zero-order chi connectivity index (χ0) is 14.4. The highest BCUT2D eigenvalue weighted by Crippen LogP contribution is 2.19. The summed E-state index contributed by atoms with van der Waals surface area (Å²) in [7, 11) is 1.58. The number of nitriles is 1. The molecule has 1 unspecified atom stereocenters. The summed E-state index contributed by atoms with van der Waals surface area (Å²) in [5.41, 5.74) is 1.65. The first-order valence-corrected chi connectivity index (χ1v) is 6.50. The van der Waals surface area contributed by atoms with Gasteiger partial charge in [0.15, 0.2) is 0 Å². The van der Waals surface area contributed by atoms with E-state index in [0.717, 1.165) is 18.7 Å². The predicted molar refractivity (Wildman–Crippen MR) is 76.2 cm³/mol. The lowest BCUT2D eigenvalue weighted by Crippen LogP contribution is -2.30. The molecule has 0 aliphatic carbocycles. The van der Waals surface area contributed by atoms with Crippen LogP contribution in [0.2, 0.25) is 0 Å². The lowest BCUT2D eigenvalue weighted by atomic mass is 10.1. The summed E-state index contributed by atoms with van der Waals surface area (Å²) in [6, 6.07) is 9.95. The number of rotatable bonds is 6.